The van der Waals surface area contributed by atoms with Gasteiger partial charge in [0, 0.05) is 13.5 Å². The number of carbonyl (C=O) groups excluding carboxylic acids is 1. The van der Waals surface area contributed by atoms with Crippen LogP contribution in [0.3, 0.4) is 0 Å². The molecule has 0 saturated carbocycles. The Labute approximate surface area is 72.8 Å². The van der Waals surface area contributed by atoms with E-state index in [1.165, 1.54) is 7.11 Å². The number of ketones is 1. The molecule has 0 unspecified atom stereocenters. The van der Waals surface area contributed by atoms with Crippen LogP contribution in [0.5, 0.6) is 0 Å². The molecule has 0 saturated heterocycles. The van der Waals surface area contributed by atoms with Crippen molar-refractivity contribution >= 4 is 15.6 Å². The lowest BCUT2D eigenvalue weighted by Crippen LogP contribution is -2.20. The largest absolute Gasteiger partial charge is 0.384 e. The number of ether oxygens (including phenoxy) is 1. The van der Waals surface area contributed by atoms with Gasteiger partial charge in [-0.1, -0.05) is 6.92 Å². The molecule has 0 rings (SSSR count). The van der Waals surface area contributed by atoms with E-state index >= 15 is 0 Å². The summed E-state index contributed by atoms with van der Waals surface area (Å²) in [6.07, 6.45) is 0.270. The Hall–Kier alpha value is -0.420. The van der Waals surface area contributed by atoms with Gasteiger partial charge in [-0.05, 0) is 0 Å². The minimum Gasteiger partial charge on any atom is -0.384 e. The highest BCUT2D eigenvalue weighted by Gasteiger charge is 2.14. The third-order valence-corrected chi connectivity index (χ3v) is 2.92. The summed E-state index contributed by atoms with van der Waals surface area (Å²) in [5.41, 5.74) is 0. The lowest BCUT2D eigenvalue weighted by molar-refractivity contribution is -0.116. The van der Waals surface area contributed by atoms with Gasteiger partial charge < -0.3 is 4.74 Å². The summed E-state index contributed by atoms with van der Waals surface area (Å²) in [4.78, 5) is 10.8. The van der Waals surface area contributed by atoms with E-state index in [0.29, 0.717) is 0 Å². The summed E-state index contributed by atoms with van der Waals surface area (Å²) in [5, 5.41) is 0. The molecule has 0 heterocycles. The zero-order valence-electron chi connectivity index (χ0n) is 7.37. The number of rotatable bonds is 6. The van der Waals surface area contributed by atoms with Gasteiger partial charge in [0.1, 0.15) is 11.5 Å². The Morgan fingerprint density at radius 2 is 2.00 bits per heavy atom. The number of Topliss-reactive ketones (excluding diaryl/α,β-unsaturated/α-hetero) is 1. The van der Waals surface area contributed by atoms with Gasteiger partial charge in [-0.25, -0.2) is 8.42 Å². The van der Waals surface area contributed by atoms with Crippen molar-refractivity contribution < 1.29 is 17.9 Å². The first-order valence-corrected chi connectivity index (χ1v) is 5.55. The molecule has 4 nitrogen and oxygen atoms in total. The van der Waals surface area contributed by atoms with Crippen LogP contribution in [0.25, 0.3) is 0 Å². The van der Waals surface area contributed by atoms with Crippen molar-refractivity contribution in [2.24, 2.45) is 0 Å². The fourth-order valence-corrected chi connectivity index (χ4v) is 1.89. The third kappa shape index (κ3) is 5.26. The third-order valence-electron chi connectivity index (χ3n) is 1.37. The van der Waals surface area contributed by atoms with Crippen molar-refractivity contribution in [1.29, 1.82) is 0 Å². The fraction of sp³-hybridized carbons (Fsp3) is 0.857. The van der Waals surface area contributed by atoms with Gasteiger partial charge >= 0.3 is 0 Å². The average Bonchev–Trinajstić information content (AvgIpc) is 2.00. The first-order chi connectivity index (χ1) is 5.52. The zero-order chi connectivity index (χ0) is 9.61. The van der Waals surface area contributed by atoms with E-state index in [1.807, 2.05) is 0 Å². The SMILES string of the molecule is CCC(=O)CS(=O)(=O)CCOC. The molecule has 0 aliphatic heterocycles. The van der Waals surface area contributed by atoms with Crippen LogP contribution in [0.1, 0.15) is 13.3 Å². The summed E-state index contributed by atoms with van der Waals surface area (Å²) in [6.45, 7) is 1.80. The maximum Gasteiger partial charge on any atom is 0.159 e. The Morgan fingerprint density at radius 3 is 2.42 bits per heavy atom. The van der Waals surface area contributed by atoms with Gasteiger partial charge in [-0.3, -0.25) is 4.79 Å². The molecule has 5 heteroatoms. The summed E-state index contributed by atoms with van der Waals surface area (Å²) in [6, 6.07) is 0. The molecular weight excluding hydrogens is 180 g/mol. The normalized spacial score (nSPS) is 11.5. The lowest BCUT2D eigenvalue weighted by Gasteiger charge is -2.00. The summed E-state index contributed by atoms with van der Waals surface area (Å²) < 4.78 is 26.7. The molecule has 0 atom stereocenters. The molecule has 12 heavy (non-hydrogen) atoms. The summed E-state index contributed by atoms with van der Waals surface area (Å²) >= 11 is 0. The van der Waals surface area contributed by atoms with Gasteiger partial charge in [0.25, 0.3) is 0 Å². The molecule has 0 aliphatic carbocycles. The second-order valence-electron chi connectivity index (χ2n) is 2.48. The highest BCUT2D eigenvalue weighted by molar-refractivity contribution is 7.92. The van der Waals surface area contributed by atoms with Crippen molar-refractivity contribution in [3.05, 3.63) is 0 Å². The Kier molecular flexibility index (Phi) is 5.08. The zero-order valence-corrected chi connectivity index (χ0v) is 8.19. The standard InChI is InChI=1S/C7H14O4S/c1-3-7(8)6-12(9,10)5-4-11-2/h3-6H2,1-2H3. The van der Waals surface area contributed by atoms with E-state index in [4.69, 9.17) is 0 Å². The molecule has 0 aromatic rings. The monoisotopic (exact) mass is 194 g/mol. The molecule has 0 bridgehead atoms. The molecule has 0 radical (unpaired) electrons. The number of methoxy groups -OCH3 is 1. The van der Waals surface area contributed by atoms with E-state index in [9.17, 15) is 13.2 Å². The Morgan fingerprint density at radius 1 is 1.42 bits per heavy atom. The maximum atomic E-state index is 11.1. The summed E-state index contributed by atoms with van der Waals surface area (Å²) in [5.74, 6) is -0.673. The van der Waals surface area contributed by atoms with Crippen molar-refractivity contribution in [2.45, 2.75) is 13.3 Å². The van der Waals surface area contributed by atoms with Gasteiger partial charge in [0.05, 0.1) is 12.4 Å². The molecule has 0 fully saturated rings. The molecule has 0 aliphatic rings. The average molecular weight is 194 g/mol. The molecule has 0 aromatic heterocycles. The molecule has 0 spiro atoms. The summed E-state index contributed by atoms with van der Waals surface area (Å²) in [7, 11) is -1.80. The molecular formula is C7H14O4S. The smallest absolute Gasteiger partial charge is 0.159 e. The lowest BCUT2D eigenvalue weighted by atomic mass is 10.4. The number of hydrogen-bond donors (Lipinski definition) is 0. The van der Waals surface area contributed by atoms with Gasteiger partial charge in [0.15, 0.2) is 9.84 Å². The molecule has 0 aromatic carbocycles. The van der Waals surface area contributed by atoms with Crippen molar-refractivity contribution in [2.75, 3.05) is 25.2 Å². The Bertz CT molecular complexity index is 230. The highest BCUT2D eigenvalue weighted by Crippen LogP contribution is 1.93. The first kappa shape index (κ1) is 11.6. The van der Waals surface area contributed by atoms with Crippen LogP contribution in [0.4, 0.5) is 0 Å². The van der Waals surface area contributed by atoms with E-state index < -0.39 is 9.84 Å². The first-order valence-electron chi connectivity index (χ1n) is 3.73. The number of sulfone groups is 1. The van der Waals surface area contributed by atoms with Crippen LogP contribution in [0, 0.1) is 0 Å². The van der Waals surface area contributed by atoms with E-state index in [2.05, 4.69) is 4.74 Å². The topological polar surface area (TPSA) is 60.4 Å². The van der Waals surface area contributed by atoms with Gasteiger partial charge in [-0.15, -0.1) is 0 Å². The van der Waals surface area contributed by atoms with E-state index in [0.717, 1.165) is 0 Å². The van der Waals surface area contributed by atoms with Crippen LogP contribution in [0.15, 0.2) is 0 Å². The van der Waals surface area contributed by atoms with Crippen LogP contribution in [-0.4, -0.2) is 39.4 Å². The van der Waals surface area contributed by atoms with E-state index in [1.54, 1.807) is 6.92 Å². The predicted molar refractivity (Wildman–Crippen MR) is 45.8 cm³/mol. The number of carbonyl (C=O) groups is 1. The highest BCUT2D eigenvalue weighted by atomic mass is 32.2. The quantitative estimate of drug-likeness (QED) is 0.598. The van der Waals surface area contributed by atoms with E-state index in [-0.39, 0.29) is 30.3 Å². The molecule has 0 amide bonds. The molecule has 0 N–H and O–H groups in total. The second kappa shape index (κ2) is 5.27. The van der Waals surface area contributed by atoms with Crippen LogP contribution in [0.2, 0.25) is 0 Å². The van der Waals surface area contributed by atoms with Crippen molar-refractivity contribution in [3.63, 3.8) is 0 Å². The van der Waals surface area contributed by atoms with Gasteiger partial charge in [0.2, 0.25) is 0 Å². The van der Waals surface area contributed by atoms with Crippen molar-refractivity contribution in [3.8, 4) is 0 Å². The van der Waals surface area contributed by atoms with Crippen LogP contribution < -0.4 is 0 Å². The molecule has 72 valence electrons. The van der Waals surface area contributed by atoms with Crippen LogP contribution >= 0.6 is 0 Å². The van der Waals surface area contributed by atoms with Crippen LogP contribution in [-0.2, 0) is 19.4 Å². The Balaban J connectivity index is 3.96. The number of hydrogen-bond acceptors (Lipinski definition) is 4. The minimum atomic E-state index is -3.23. The fourth-order valence-electron chi connectivity index (χ4n) is 0.630. The second-order valence-corrected chi connectivity index (χ2v) is 4.66. The minimum absolute atomic E-state index is 0.0742. The van der Waals surface area contributed by atoms with Gasteiger partial charge in [-0.2, -0.15) is 0 Å². The predicted octanol–water partition coefficient (Wildman–Crippen LogP) is 0.0267. The maximum absolute atomic E-state index is 11.1. The van der Waals surface area contributed by atoms with Crippen molar-refractivity contribution in [1.82, 2.24) is 0 Å².